The van der Waals surface area contributed by atoms with Crippen molar-refractivity contribution in [1.29, 1.82) is 0 Å². The van der Waals surface area contributed by atoms with Gasteiger partial charge in [0.2, 0.25) is 10.0 Å². The molecule has 0 saturated heterocycles. The monoisotopic (exact) mass is 293 g/mol. The second-order valence-electron chi connectivity index (χ2n) is 4.66. The molecule has 5 nitrogen and oxygen atoms in total. The number of nitrogens with one attached hydrogen (secondary N) is 1. The van der Waals surface area contributed by atoms with Crippen LogP contribution in [0.2, 0.25) is 0 Å². The van der Waals surface area contributed by atoms with Crippen LogP contribution < -0.4 is 4.72 Å². The van der Waals surface area contributed by atoms with Crippen LogP contribution in [0.15, 0.2) is 29.2 Å². The normalized spacial score (nSPS) is 16.1. The molecule has 0 bridgehead atoms. The summed E-state index contributed by atoms with van der Waals surface area (Å²) < 4.78 is 26.2. The highest BCUT2D eigenvalue weighted by Crippen LogP contribution is 2.48. The topological polar surface area (TPSA) is 83.5 Å². The predicted octanol–water partition coefficient (Wildman–Crippen LogP) is 1.10. The first-order valence-electron chi connectivity index (χ1n) is 6.15. The molecular formula is C14H15NO4S. The van der Waals surface area contributed by atoms with Gasteiger partial charge in [0, 0.05) is 0 Å². The quantitative estimate of drug-likeness (QED) is 0.796. The van der Waals surface area contributed by atoms with Gasteiger partial charge in [0.25, 0.3) is 0 Å². The summed E-state index contributed by atoms with van der Waals surface area (Å²) in [5.74, 6) is 4.36. The second-order valence-corrected chi connectivity index (χ2v) is 6.43. The van der Waals surface area contributed by atoms with Gasteiger partial charge in [-0.15, -0.1) is 5.92 Å². The van der Waals surface area contributed by atoms with Crippen LogP contribution in [-0.2, 0) is 20.2 Å². The van der Waals surface area contributed by atoms with Crippen molar-refractivity contribution in [3.63, 3.8) is 0 Å². The molecule has 1 saturated carbocycles. The predicted molar refractivity (Wildman–Crippen MR) is 73.6 cm³/mol. The van der Waals surface area contributed by atoms with Gasteiger partial charge in [0.15, 0.2) is 0 Å². The fourth-order valence-corrected chi connectivity index (χ4v) is 2.93. The Morgan fingerprint density at radius 3 is 2.40 bits per heavy atom. The molecule has 0 amide bonds. The molecule has 1 aliphatic rings. The lowest BCUT2D eigenvalue weighted by atomic mass is 9.96. The molecule has 1 aliphatic carbocycles. The Labute approximate surface area is 118 Å². The number of hydrogen-bond acceptors (Lipinski definition) is 3. The smallest absolute Gasteiger partial charge is 0.314 e. The lowest BCUT2D eigenvalue weighted by Crippen LogP contribution is -2.24. The van der Waals surface area contributed by atoms with Crippen LogP contribution >= 0.6 is 0 Å². The van der Waals surface area contributed by atoms with Gasteiger partial charge in [-0.25, -0.2) is 8.42 Å². The van der Waals surface area contributed by atoms with Crippen molar-refractivity contribution in [3.8, 4) is 11.8 Å². The Bertz CT molecular complexity index is 676. The van der Waals surface area contributed by atoms with E-state index in [0.717, 1.165) is 0 Å². The molecule has 0 spiro atoms. The first kappa shape index (κ1) is 14.6. The molecule has 0 unspecified atom stereocenters. The Kier molecular flexibility index (Phi) is 3.84. The van der Waals surface area contributed by atoms with E-state index in [2.05, 4.69) is 16.6 Å². The Balaban J connectivity index is 2.20. The van der Waals surface area contributed by atoms with Crippen molar-refractivity contribution < 1.29 is 18.3 Å². The molecular weight excluding hydrogens is 278 g/mol. The summed E-state index contributed by atoms with van der Waals surface area (Å²) in [5, 5.41) is 9.18. The highest BCUT2D eigenvalue weighted by Gasteiger charge is 2.51. The lowest BCUT2D eigenvalue weighted by molar-refractivity contribution is -0.140. The Morgan fingerprint density at radius 2 is 1.95 bits per heavy atom. The number of aliphatic carboxylic acids is 1. The lowest BCUT2D eigenvalue weighted by Gasteiger charge is -2.11. The third-order valence-corrected chi connectivity index (χ3v) is 4.82. The number of carboxylic acids is 1. The van der Waals surface area contributed by atoms with Gasteiger partial charge in [0.05, 0.1) is 16.9 Å². The molecule has 0 aliphatic heterocycles. The van der Waals surface area contributed by atoms with Crippen molar-refractivity contribution in [1.82, 2.24) is 4.72 Å². The molecule has 1 aromatic rings. The van der Waals surface area contributed by atoms with E-state index >= 15 is 0 Å². The number of hydrogen-bond donors (Lipinski definition) is 2. The van der Waals surface area contributed by atoms with Crippen molar-refractivity contribution in [2.45, 2.75) is 30.1 Å². The maximum atomic E-state index is 11.9. The average molecular weight is 293 g/mol. The fraction of sp³-hybridized carbons (Fsp3) is 0.357. The molecule has 0 aromatic heterocycles. The second kappa shape index (κ2) is 5.27. The summed E-state index contributed by atoms with van der Waals surface area (Å²) in [4.78, 5) is 11.3. The summed E-state index contributed by atoms with van der Waals surface area (Å²) in [5.41, 5.74) is -0.166. The third-order valence-electron chi connectivity index (χ3n) is 3.40. The summed E-state index contributed by atoms with van der Waals surface area (Å²) in [6.07, 6.45) is 1.19. The van der Waals surface area contributed by atoms with Crippen molar-refractivity contribution in [3.05, 3.63) is 29.8 Å². The molecule has 0 heterocycles. The highest BCUT2D eigenvalue weighted by atomic mass is 32.2. The molecule has 2 rings (SSSR count). The van der Waals surface area contributed by atoms with Crippen LogP contribution in [0.3, 0.4) is 0 Å². The minimum atomic E-state index is -3.59. The van der Waals surface area contributed by atoms with Crippen LogP contribution in [0.25, 0.3) is 0 Å². The van der Waals surface area contributed by atoms with Crippen LogP contribution in [0.4, 0.5) is 0 Å². The Hall–Kier alpha value is -1.84. The summed E-state index contributed by atoms with van der Waals surface area (Å²) >= 11 is 0. The molecule has 2 N–H and O–H groups in total. The number of carbonyl (C=O) groups is 1. The highest BCUT2D eigenvalue weighted by molar-refractivity contribution is 7.89. The Morgan fingerprint density at radius 1 is 1.35 bits per heavy atom. The van der Waals surface area contributed by atoms with Gasteiger partial charge < -0.3 is 5.11 Å². The van der Waals surface area contributed by atoms with Crippen LogP contribution in [0.1, 0.15) is 25.3 Å². The van der Waals surface area contributed by atoms with E-state index < -0.39 is 21.4 Å². The van der Waals surface area contributed by atoms with E-state index in [1.54, 1.807) is 19.1 Å². The van der Waals surface area contributed by atoms with Gasteiger partial charge in [-0.3, -0.25) is 4.79 Å². The number of benzene rings is 1. The van der Waals surface area contributed by atoms with E-state index in [1.165, 1.54) is 12.1 Å². The molecule has 0 atom stereocenters. The van der Waals surface area contributed by atoms with E-state index in [1.807, 2.05) is 0 Å². The molecule has 1 aromatic carbocycles. The van der Waals surface area contributed by atoms with Crippen LogP contribution in [-0.4, -0.2) is 26.0 Å². The first-order valence-corrected chi connectivity index (χ1v) is 7.64. The average Bonchev–Trinajstić information content (AvgIpc) is 3.20. The van der Waals surface area contributed by atoms with Gasteiger partial charge in [-0.2, -0.15) is 4.72 Å². The van der Waals surface area contributed by atoms with Crippen LogP contribution in [0, 0.1) is 11.8 Å². The third kappa shape index (κ3) is 2.69. The molecule has 106 valence electrons. The zero-order chi connectivity index (χ0) is 14.8. The largest absolute Gasteiger partial charge is 0.481 e. The molecule has 0 radical (unpaired) electrons. The maximum absolute atomic E-state index is 11.9. The zero-order valence-corrected chi connectivity index (χ0v) is 11.8. The summed E-state index contributed by atoms with van der Waals surface area (Å²) in [6, 6.07) is 6.00. The fourth-order valence-electron chi connectivity index (χ4n) is 2.01. The SMILES string of the molecule is CC#CCNS(=O)(=O)c1ccc(C2(C(=O)O)CC2)cc1. The van der Waals surface area contributed by atoms with E-state index in [9.17, 15) is 18.3 Å². The molecule has 20 heavy (non-hydrogen) atoms. The maximum Gasteiger partial charge on any atom is 0.314 e. The minimum Gasteiger partial charge on any atom is -0.481 e. The van der Waals surface area contributed by atoms with Crippen molar-refractivity contribution >= 4 is 16.0 Å². The van der Waals surface area contributed by atoms with Gasteiger partial charge in [-0.1, -0.05) is 18.1 Å². The standard InChI is InChI=1S/C14H15NO4S/c1-2-3-10-15-20(18,19)12-6-4-11(5-7-12)14(8-9-14)13(16)17/h4-7,15H,8-10H2,1H3,(H,16,17). The van der Waals surface area contributed by atoms with Crippen molar-refractivity contribution in [2.75, 3.05) is 6.54 Å². The van der Waals surface area contributed by atoms with Gasteiger partial charge >= 0.3 is 5.97 Å². The number of rotatable bonds is 5. The van der Waals surface area contributed by atoms with E-state index in [4.69, 9.17) is 0 Å². The number of carboxylic acid groups (broad SMARTS) is 1. The van der Waals surface area contributed by atoms with Gasteiger partial charge in [-0.05, 0) is 37.5 Å². The molecule has 6 heteroatoms. The van der Waals surface area contributed by atoms with E-state index in [-0.39, 0.29) is 11.4 Å². The van der Waals surface area contributed by atoms with E-state index in [0.29, 0.717) is 18.4 Å². The van der Waals surface area contributed by atoms with Gasteiger partial charge in [0.1, 0.15) is 0 Å². The van der Waals surface area contributed by atoms with Crippen LogP contribution in [0.5, 0.6) is 0 Å². The summed E-state index contributed by atoms with van der Waals surface area (Å²) in [6.45, 7) is 1.68. The minimum absolute atomic E-state index is 0.0552. The zero-order valence-electron chi connectivity index (χ0n) is 11.0. The first-order chi connectivity index (χ1) is 9.42. The van der Waals surface area contributed by atoms with Crippen molar-refractivity contribution in [2.24, 2.45) is 0 Å². The summed E-state index contributed by atoms with van der Waals surface area (Å²) in [7, 11) is -3.59. The number of sulfonamides is 1. The molecule has 1 fully saturated rings.